The molecule has 0 aromatic carbocycles. The molecular weight excluding hydrogens is 528 g/mol. The molecule has 5 heteroatoms. The summed E-state index contributed by atoms with van der Waals surface area (Å²) >= 11 is 0. The van der Waals surface area contributed by atoms with E-state index in [1.807, 2.05) is 6.08 Å². The van der Waals surface area contributed by atoms with Gasteiger partial charge in [-0.1, -0.05) is 27.7 Å². The van der Waals surface area contributed by atoms with Crippen molar-refractivity contribution >= 4 is 35.7 Å². The van der Waals surface area contributed by atoms with Gasteiger partial charge in [0.25, 0.3) is 0 Å². The van der Waals surface area contributed by atoms with Crippen molar-refractivity contribution in [1.82, 2.24) is 9.97 Å². The SMILES string of the molecule is CCC1=C(C)C2=C3N=C(C=c4[nH]c(c(C)c4CC)=CC4=CC(=C/C4=C/O)C=c4[nH]c(c(CC)c4C)=CC1=N2)C(CC)=C3C. The van der Waals surface area contributed by atoms with Crippen LogP contribution < -0.4 is 21.4 Å². The smallest absolute Gasteiger partial charge is 0.0929 e. The maximum Gasteiger partial charge on any atom is 0.0929 e. The average molecular weight is 571 g/mol. The van der Waals surface area contributed by atoms with Gasteiger partial charge in [-0.3, -0.25) is 0 Å². The number of nitrogens with one attached hydrogen (secondary N) is 2. The van der Waals surface area contributed by atoms with E-state index in [-0.39, 0.29) is 0 Å². The van der Waals surface area contributed by atoms with Gasteiger partial charge in [0.2, 0.25) is 0 Å². The van der Waals surface area contributed by atoms with E-state index >= 15 is 0 Å². The summed E-state index contributed by atoms with van der Waals surface area (Å²) in [4.78, 5) is 18.0. The molecule has 3 aliphatic heterocycles. The number of fused-ring (bicyclic) bond motifs is 7. The number of aromatic nitrogens is 2. The van der Waals surface area contributed by atoms with Crippen molar-refractivity contribution in [3.63, 3.8) is 0 Å². The van der Waals surface area contributed by atoms with Crippen LogP contribution in [0.5, 0.6) is 0 Å². The largest absolute Gasteiger partial charge is 0.515 e. The second-order valence-electron chi connectivity index (χ2n) is 11.8. The second kappa shape index (κ2) is 11.0. The predicted octanol–water partition coefficient (Wildman–Crippen LogP) is 5.80. The first-order valence-electron chi connectivity index (χ1n) is 15.6. The molecule has 5 nitrogen and oxygen atoms in total. The molecule has 5 heterocycles. The summed E-state index contributed by atoms with van der Waals surface area (Å²) in [6.45, 7) is 17.6. The van der Waals surface area contributed by atoms with E-state index in [2.05, 4.69) is 95.7 Å². The highest BCUT2D eigenvalue weighted by molar-refractivity contribution is 6.25. The molecule has 0 fully saturated rings. The van der Waals surface area contributed by atoms with Crippen molar-refractivity contribution in [3.8, 4) is 0 Å². The fraction of sp³-hybridized carbons (Fsp3) is 0.316. The van der Waals surface area contributed by atoms with Gasteiger partial charge in [-0.05, 0) is 146 Å². The lowest BCUT2D eigenvalue weighted by Crippen LogP contribution is -2.15. The fourth-order valence-electron chi connectivity index (χ4n) is 7.09. The van der Waals surface area contributed by atoms with Crippen molar-refractivity contribution in [3.05, 3.63) is 112 Å². The van der Waals surface area contributed by atoms with Crippen LogP contribution >= 0.6 is 0 Å². The molecule has 2 aromatic rings. The summed E-state index contributed by atoms with van der Waals surface area (Å²) < 4.78 is 0. The standard InChI is InChI=1S/C38H42N4O/c1-9-27-20(5)31-15-24-13-25(26(14-24)19-43)16-32-21(6)28(10-2)34(40-32)18-36-30(12-4)23(8)38(42-36)37-22(7)29(11-3)35(41-37)17-33(27)39-31/h13-19,39-40,43H,9-12H2,1-8H3/b26-19-,31-15?,32-16?,33-17?,34-18?,38-37?. The van der Waals surface area contributed by atoms with Gasteiger partial charge in [0.1, 0.15) is 0 Å². The van der Waals surface area contributed by atoms with Crippen LogP contribution in [0.2, 0.25) is 0 Å². The summed E-state index contributed by atoms with van der Waals surface area (Å²) in [7, 11) is 0. The van der Waals surface area contributed by atoms with E-state index in [0.717, 1.165) is 86.6 Å². The van der Waals surface area contributed by atoms with Crippen LogP contribution in [0.3, 0.4) is 0 Å². The number of hydrogen-bond acceptors (Lipinski definition) is 3. The van der Waals surface area contributed by atoms with Crippen LogP contribution in [0.4, 0.5) is 0 Å². The summed E-state index contributed by atoms with van der Waals surface area (Å²) in [5.74, 6) is 0. The zero-order chi connectivity index (χ0) is 30.6. The summed E-state index contributed by atoms with van der Waals surface area (Å²) in [6.07, 6.45) is 17.8. The lowest BCUT2D eigenvalue weighted by molar-refractivity contribution is 0.470. The Hall–Kier alpha value is -4.38. The number of H-pyrrole nitrogens is 2. The third-order valence-electron chi connectivity index (χ3n) is 9.53. The van der Waals surface area contributed by atoms with Crippen LogP contribution in [0.15, 0.2) is 78.8 Å². The van der Waals surface area contributed by atoms with Gasteiger partial charge in [-0.2, -0.15) is 0 Å². The minimum atomic E-state index is 0.799. The highest BCUT2D eigenvalue weighted by Gasteiger charge is 2.27. The van der Waals surface area contributed by atoms with Crippen LogP contribution in [0.1, 0.15) is 76.6 Å². The van der Waals surface area contributed by atoms with E-state index in [1.54, 1.807) is 0 Å². The molecule has 3 N–H and O–H groups in total. The first kappa shape index (κ1) is 28.7. The Morgan fingerprint density at radius 3 is 1.53 bits per heavy atom. The Morgan fingerprint density at radius 1 is 0.605 bits per heavy atom. The summed E-state index contributed by atoms with van der Waals surface area (Å²) in [6, 6.07) is 0. The van der Waals surface area contributed by atoms with Crippen LogP contribution in [0.25, 0.3) is 24.3 Å². The predicted molar refractivity (Wildman–Crippen MR) is 181 cm³/mol. The summed E-state index contributed by atoms with van der Waals surface area (Å²) in [5, 5.41) is 14.5. The van der Waals surface area contributed by atoms with Crippen molar-refractivity contribution in [2.75, 3.05) is 0 Å². The van der Waals surface area contributed by atoms with Gasteiger partial charge in [-0.25, -0.2) is 9.98 Å². The highest BCUT2D eigenvalue weighted by Crippen LogP contribution is 2.37. The quantitative estimate of drug-likeness (QED) is 0.399. The zero-order valence-corrected chi connectivity index (χ0v) is 26.7. The number of aliphatic imine (C=N–C) groups is 2. The molecule has 0 saturated carbocycles. The Labute approximate surface area is 254 Å². The molecule has 4 aliphatic rings. The molecule has 0 spiro atoms. The average Bonchev–Trinajstić information content (AvgIpc) is 3.75. The summed E-state index contributed by atoms with van der Waals surface area (Å²) in [5.41, 5.74) is 16.8. The zero-order valence-electron chi connectivity index (χ0n) is 26.7. The van der Waals surface area contributed by atoms with E-state index in [4.69, 9.17) is 9.98 Å². The van der Waals surface area contributed by atoms with Gasteiger partial charge in [-0.15, -0.1) is 0 Å². The monoisotopic (exact) mass is 570 g/mol. The molecule has 0 unspecified atom stereocenters. The number of nitrogens with zero attached hydrogens (tertiary/aromatic N) is 2. The molecule has 6 rings (SSSR count). The van der Waals surface area contributed by atoms with Crippen molar-refractivity contribution in [2.45, 2.75) is 81.1 Å². The fourth-order valence-corrected chi connectivity index (χ4v) is 7.09. The maximum absolute atomic E-state index is 10.2. The first-order valence-corrected chi connectivity index (χ1v) is 15.6. The molecule has 0 radical (unpaired) electrons. The minimum absolute atomic E-state index is 0.799. The molecule has 0 amide bonds. The molecule has 0 atom stereocenters. The van der Waals surface area contributed by atoms with Gasteiger partial charge in [0.15, 0.2) is 0 Å². The molecule has 220 valence electrons. The Balaban J connectivity index is 1.74. The molecular formula is C38H42N4O. The number of aliphatic hydroxyl groups excluding tert-OH is 1. The Morgan fingerprint density at radius 2 is 1.09 bits per heavy atom. The van der Waals surface area contributed by atoms with E-state index in [1.165, 1.54) is 50.8 Å². The van der Waals surface area contributed by atoms with E-state index in [9.17, 15) is 5.11 Å². The molecule has 2 aromatic heterocycles. The van der Waals surface area contributed by atoms with Crippen LogP contribution in [-0.2, 0) is 12.8 Å². The molecule has 0 saturated heterocycles. The number of aliphatic hydroxyl groups is 1. The third-order valence-corrected chi connectivity index (χ3v) is 9.53. The van der Waals surface area contributed by atoms with Crippen LogP contribution in [-0.4, -0.2) is 26.5 Å². The van der Waals surface area contributed by atoms with Gasteiger partial charge in [0, 0.05) is 27.0 Å². The van der Waals surface area contributed by atoms with Crippen molar-refractivity contribution in [1.29, 1.82) is 0 Å². The van der Waals surface area contributed by atoms with E-state index < -0.39 is 0 Å². The highest BCUT2D eigenvalue weighted by atomic mass is 16.2. The normalized spacial score (nSPS) is 18.8. The van der Waals surface area contributed by atoms with Gasteiger partial charge >= 0.3 is 0 Å². The molecule has 10 bridgehead atoms. The first-order chi connectivity index (χ1) is 20.7. The van der Waals surface area contributed by atoms with E-state index in [0.29, 0.717) is 0 Å². The lowest BCUT2D eigenvalue weighted by Gasteiger charge is -2.04. The molecule has 1 aliphatic carbocycles. The number of rotatable bonds is 4. The van der Waals surface area contributed by atoms with Gasteiger partial charge in [0.05, 0.1) is 29.1 Å². The Kier molecular flexibility index (Phi) is 7.37. The van der Waals surface area contributed by atoms with Crippen molar-refractivity contribution in [2.24, 2.45) is 9.98 Å². The third kappa shape index (κ3) is 4.62. The minimum Gasteiger partial charge on any atom is -0.515 e. The lowest BCUT2D eigenvalue weighted by atomic mass is 9.98. The number of allylic oxidation sites excluding steroid dienone is 9. The second-order valence-corrected chi connectivity index (χ2v) is 11.8. The molecule has 43 heavy (non-hydrogen) atoms. The van der Waals surface area contributed by atoms with Crippen molar-refractivity contribution < 1.29 is 5.11 Å². The number of hydrogen-bond donors (Lipinski definition) is 3. The Bertz CT molecular complexity index is 2090. The maximum atomic E-state index is 10.2. The van der Waals surface area contributed by atoms with Gasteiger partial charge < -0.3 is 15.1 Å². The topological polar surface area (TPSA) is 76.5 Å². The number of aromatic amines is 2. The van der Waals surface area contributed by atoms with Crippen LogP contribution in [0, 0.1) is 13.8 Å².